The molecule has 0 fully saturated rings. The number of alkyl halides is 3. The number of esters is 1. The summed E-state index contributed by atoms with van der Waals surface area (Å²) < 4.78 is 40.8. The van der Waals surface area contributed by atoms with E-state index < -0.39 is 53.4 Å². The Bertz CT molecular complexity index is 566. The van der Waals surface area contributed by atoms with Crippen LogP contribution in [0.2, 0.25) is 0 Å². The first-order valence-corrected chi connectivity index (χ1v) is 8.54. The summed E-state index contributed by atoms with van der Waals surface area (Å²) in [6.07, 6.45) is -5.39. The lowest BCUT2D eigenvalue weighted by Crippen LogP contribution is -2.63. The van der Waals surface area contributed by atoms with Crippen LogP contribution in [0.4, 0.5) is 13.2 Å². The molecule has 0 unspecified atom stereocenters. The largest absolute Gasteiger partial charge is 0.491 e. The molecule has 0 spiro atoms. The second kappa shape index (κ2) is 10.1. The summed E-state index contributed by atoms with van der Waals surface area (Å²) in [4.78, 5) is 46.1. The highest BCUT2D eigenvalue weighted by atomic mass is 32.1. The molecule has 15 heteroatoms. The molecule has 0 radical (unpaired) electrons. The fourth-order valence-electron chi connectivity index (χ4n) is 1.33. The number of thiol groups is 3. The van der Waals surface area contributed by atoms with Gasteiger partial charge in [0.25, 0.3) is 5.91 Å². The lowest BCUT2D eigenvalue weighted by atomic mass is 10.2. The average molecular weight is 438 g/mol. The molecule has 0 aromatic rings. The summed E-state index contributed by atoms with van der Waals surface area (Å²) in [6.45, 7) is 0. The summed E-state index contributed by atoms with van der Waals surface area (Å²) in [6, 6.07) is -2.60. The lowest BCUT2D eigenvalue weighted by molar-refractivity contribution is -0.212. The summed E-state index contributed by atoms with van der Waals surface area (Å²) in [7, 11) is 0. The topological polar surface area (TPSA) is 154 Å². The van der Waals surface area contributed by atoms with Gasteiger partial charge in [-0.05, 0) is 0 Å². The molecule has 0 aliphatic heterocycles. The van der Waals surface area contributed by atoms with Crippen LogP contribution in [-0.2, 0) is 23.9 Å². The number of hydrogen-bond donors (Lipinski definition) is 7. The fourth-order valence-corrected chi connectivity index (χ4v) is 2.06. The predicted molar refractivity (Wildman–Crippen MR) is 93.7 cm³/mol. The Hall–Kier alpha value is -1.32. The molecule has 0 bridgehead atoms. The Morgan fingerprint density at radius 2 is 1.50 bits per heavy atom. The van der Waals surface area contributed by atoms with Gasteiger partial charge in [0.05, 0.1) is 5.75 Å². The molecule has 150 valence electrons. The molecule has 3 amide bonds. The Morgan fingerprint density at radius 1 is 1.00 bits per heavy atom. The van der Waals surface area contributed by atoms with Crippen molar-refractivity contribution in [2.45, 2.75) is 24.0 Å². The molecular weight excluding hydrogens is 421 g/mol. The Labute approximate surface area is 162 Å². The van der Waals surface area contributed by atoms with E-state index in [2.05, 4.69) is 47.9 Å². The third-order valence-corrected chi connectivity index (χ3v) is 3.97. The first-order chi connectivity index (χ1) is 11.8. The molecule has 0 saturated heterocycles. The Balaban J connectivity index is 5.18. The predicted octanol–water partition coefficient (Wildman–Crippen LogP) is -2.01. The van der Waals surface area contributed by atoms with E-state index in [1.807, 2.05) is 5.32 Å². The number of hydrogen-bond acceptors (Lipinski definition) is 9. The maximum absolute atomic E-state index is 12.3. The van der Waals surface area contributed by atoms with Gasteiger partial charge in [0.15, 0.2) is 0 Å². The smallest absolute Gasteiger partial charge is 0.427 e. The van der Waals surface area contributed by atoms with E-state index >= 15 is 0 Å². The van der Waals surface area contributed by atoms with Crippen LogP contribution in [0.1, 0.15) is 0 Å². The van der Waals surface area contributed by atoms with Crippen molar-refractivity contribution in [1.29, 1.82) is 0 Å². The van der Waals surface area contributed by atoms with Crippen molar-refractivity contribution in [2.75, 3.05) is 17.3 Å². The number of carbonyl (C=O) groups excluding carboxylic acids is 4. The minimum Gasteiger partial charge on any atom is -0.427 e. The van der Waals surface area contributed by atoms with Gasteiger partial charge in [-0.1, -0.05) is 0 Å². The van der Waals surface area contributed by atoms with E-state index in [1.54, 1.807) is 0 Å². The van der Waals surface area contributed by atoms with E-state index in [-0.39, 0.29) is 11.5 Å². The number of nitrogens with one attached hydrogen (secondary N) is 2. The van der Waals surface area contributed by atoms with Gasteiger partial charge in [-0.25, -0.2) is 4.79 Å². The monoisotopic (exact) mass is 438 g/mol. The number of halogens is 3. The summed E-state index contributed by atoms with van der Waals surface area (Å²) in [5.74, 6) is -7.27. The summed E-state index contributed by atoms with van der Waals surface area (Å²) in [5, 5.41) is 4.12. The van der Waals surface area contributed by atoms with Crippen molar-refractivity contribution in [3.63, 3.8) is 0 Å². The Kier molecular flexibility index (Phi) is 9.61. The van der Waals surface area contributed by atoms with Crippen LogP contribution in [0, 0.1) is 0 Å². The van der Waals surface area contributed by atoms with Crippen molar-refractivity contribution in [3.05, 3.63) is 0 Å². The molecule has 0 rings (SSSR count). The van der Waals surface area contributed by atoms with Crippen molar-refractivity contribution in [3.8, 4) is 0 Å². The van der Waals surface area contributed by atoms with Crippen LogP contribution in [0.15, 0.2) is 0 Å². The van der Waals surface area contributed by atoms with E-state index in [0.29, 0.717) is 0 Å². The van der Waals surface area contributed by atoms with Gasteiger partial charge in [0.1, 0.15) is 12.1 Å². The second-order valence-corrected chi connectivity index (χ2v) is 5.84. The van der Waals surface area contributed by atoms with Crippen LogP contribution < -0.4 is 22.1 Å². The molecule has 0 aromatic carbocycles. The van der Waals surface area contributed by atoms with E-state index in [1.165, 1.54) is 0 Å². The molecule has 0 saturated carbocycles. The van der Waals surface area contributed by atoms with Gasteiger partial charge in [0.2, 0.25) is 17.5 Å². The summed E-state index contributed by atoms with van der Waals surface area (Å²) in [5.41, 5.74) is 7.56. The van der Waals surface area contributed by atoms with Crippen LogP contribution in [0.3, 0.4) is 0 Å². The van der Waals surface area contributed by atoms with Crippen molar-refractivity contribution < 1.29 is 37.1 Å². The molecule has 6 N–H and O–H groups in total. The third-order valence-electron chi connectivity index (χ3n) is 2.77. The number of rotatable bonds is 9. The molecule has 0 aromatic heterocycles. The highest BCUT2D eigenvalue weighted by Gasteiger charge is 2.48. The molecular formula is C11H17F3N4O5S3. The van der Waals surface area contributed by atoms with Gasteiger partial charge >= 0.3 is 12.1 Å². The highest BCUT2D eigenvalue weighted by Crippen LogP contribution is 2.20. The zero-order chi connectivity index (χ0) is 20.7. The lowest BCUT2D eigenvalue weighted by Gasteiger charge is -2.28. The number of primary amides is 1. The molecule has 3 atom stereocenters. The molecule has 0 heterocycles. The van der Waals surface area contributed by atoms with Crippen LogP contribution in [-0.4, -0.2) is 64.9 Å². The van der Waals surface area contributed by atoms with Crippen molar-refractivity contribution >= 4 is 61.6 Å². The maximum Gasteiger partial charge on any atom is 0.491 e. The molecule has 9 nitrogen and oxygen atoms in total. The maximum atomic E-state index is 12.3. The molecule has 26 heavy (non-hydrogen) atoms. The number of amides is 3. The Morgan fingerprint density at radius 3 is 1.85 bits per heavy atom. The van der Waals surface area contributed by atoms with Crippen LogP contribution in [0.5, 0.6) is 0 Å². The van der Waals surface area contributed by atoms with Crippen molar-refractivity contribution in [1.82, 2.24) is 10.6 Å². The van der Waals surface area contributed by atoms with Gasteiger partial charge in [-0.2, -0.15) is 51.1 Å². The second-order valence-electron chi connectivity index (χ2n) is 4.79. The zero-order valence-corrected chi connectivity index (χ0v) is 15.6. The number of carbonyl (C=O) groups is 4. The first kappa shape index (κ1) is 24.7. The standard InChI is InChI=1S/C11H17F3N4O5S3/c12-11(13,14)9(22)23-10(16,3-26)8(21)18-5(2-25)7(20)17-4(1-24)6(15)19/h4-5,24-26H,1-3,16H2,(H2,15,19)(H,17,20)(H,18,21)/t4-,5-,10-/m0/s1. The zero-order valence-electron chi connectivity index (χ0n) is 12.9. The van der Waals surface area contributed by atoms with Crippen molar-refractivity contribution in [2.24, 2.45) is 11.5 Å². The summed E-state index contributed by atoms with van der Waals surface area (Å²) >= 11 is 11.2. The van der Waals surface area contributed by atoms with Gasteiger partial charge in [-0.15, -0.1) is 0 Å². The van der Waals surface area contributed by atoms with E-state index in [4.69, 9.17) is 11.5 Å². The highest BCUT2D eigenvalue weighted by molar-refractivity contribution is 7.80. The van der Waals surface area contributed by atoms with E-state index in [9.17, 15) is 32.3 Å². The molecule has 0 aliphatic carbocycles. The minimum atomic E-state index is -5.39. The first-order valence-electron chi connectivity index (χ1n) is 6.64. The molecule has 0 aliphatic rings. The van der Waals surface area contributed by atoms with Gasteiger partial charge < -0.3 is 21.1 Å². The van der Waals surface area contributed by atoms with Gasteiger partial charge in [-0.3, -0.25) is 20.1 Å². The van der Waals surface area contributed by atoms with Crippen LogP contribution in [0.25, 0.3) is 0 Å². The number of nitrogens with two attached hydrogens (primary N) is 2. The third kappa shape index (κ3) is 7.13. The fraction of sp³-hybridized carbons (Fsp3) is 0.636. The SMILES string of the molecule is NC(=O)[C@H](CS)NC(=O)[C@H](CS)NC(=O)[C@](N)(CS)OC(=O)C(F)(F)F. The van der Waals surface area contributed by atoms with Gasteiger partial charge in [0, 0.05) is 11.5 Å². The number of ether oxygens (including phenoxy) is 1. The normalized spacial score (nSPS) is 16.0. The van der Waals surface area contributed by atoms with E-state index in [0.717, 1.165) is 0 Å². The average Bonchev–Trinajstić information content (AvgIpc) is 2.55. The van der Waals surface area contributed by atoms with Crippen LogP contribution >= 0.6 is 37.9 Å². The quantitative estimate of drug-likeness (QED) is 0.125. The minimum absolute atomic E-state index is 0.144.